The van der Waals surface area contributed by atoms with E-state index in [1.54, 1.807) is 0 Å². The van der Waals surface area contributed by atoms with Crippen LogP contribution in [-0.4, -0.2) is 17.2 Å². The molecule has 0 aliphatic rings. The van der Waals surface area contributed by atoms with Gasteiger partial charge in [-0.25, -0.2) is 0 Å². The van der Waals surface area contributed by atoms with E-state index in [0.29, 0.717) is 0 Å². The van der Waals surface area contributed by atoms with Gasteiger partial charge in [-0.1, -0.05) is 170 Å². The van der Waals surface area contributed by atoms with Crippen LogP contribution in [0.4, 0.5) is 0 Å². The van der Waals surface area contributed by atoms with Gasteiger partial charge >= 0.3 is 0 Å². The van der Waals surface area contributed by atoms with Crippen molar-refractivity contribution in [1.29, 1.82) is 0 Å². The molecule has 0 saturated carbocycles. The van der Waals surface area contributed by atoms with E-state index in [0.717, 1.165) is 44.3 Å². The Balaban J connectivity index is 1.09. The normalized spacial score (nSPS) is 12.1. The van der Waals surface area contributed by atoms with Crippen molar-refractivity contribution < 1.29 is 4.42 Å². The van der Waals surface area contributed by atoms with Crippen molar-refractivity contribution in [2.45, 2.75) is 0 Å². The number of furan rings is 1. The monoisotopic (exact) mass is 756 g/mol. The summed E-state index contributed by atoms with van der Waals surface area (Å²) in [7, 11) is -2.74. The lowest BCUT2D eigenvalue weighted by Gasteiger charge is -2.34. The van der Waals surface area contributed by atoms with Gasteiger partial charge in [0.15, 0.2) is 13.7 Å². The van der Waals surface area contributed by atoms with E-state index in [2.05, 4.69) is 228 Å². The number of para-hydroxylation sites is 4. The molecule has 0 N–H and O–H groups in total. The van der Waals surface area contributed by atoms with Gasteiger partial charge in [0.05, 0.1) is 27.8 Å². The van der Waals surface area contributed by atoms with Crippen LogP contribution in [0, 0.1) is 0 Å². The van der Waals surface area contributed by atoms with Crippen LogP contribution in [0.5, 0.6) is 0 Å². The smallest absolute Gasteiger partial charge is 0.179 e. The van der Waals surface area contributed by atoms with E-state index < -0.39 is 8.07 Å². The molecule has 0 amide bonds. The fraction of sp³-hybridized carbons (Fsp3) is 0. The number of rotatable bonds is 6. The second kappa shape index (κ2) is 12.8. The van der Waals surface area contributed by atoms with Crippen LogP contribution < -0.4 is 20.7 Å². The summed E-state index contributed by atoms with van der Waals surface area (Å²) >= 11 is 0. The van der Waals surface area contributed by atoms with E-state index >= 15 is 0 Å². The third kappa shape index (κ3) is 4.67. The summed E-state index contributed by atoms with van der Waals surface area (Å²) in [6, 6.07) is 79.9. The quantitative estimate of drug-likeness (QED) is 0.122. The lowest BCUT2D eigenvalue weighted by Crippen LogP contribution is -2.74. The van der Waals surface area contributed by atoms with E-state index in [1.165, 1.54) is 53.3 Å². The molecule has 12 aromatic rings. The van der Waals surface area contributed by atoms with Crippen LogP contribution in [-0.2, 0) is 0 Å². The maximum Gasteiger partial charge on any atom is 0.179 e. The molecule has 3 aromatic heterocycles. The summed E-state index contributed by atoms with van der Waals surface area (Å²) in [5.74, 6) is 0. The molecule has 58 heavy (non-hydrogen) atoms. The fourth-order valence-corrected chi connectivity index (χ4v) is 14.6. The van der Waals surface area contributed by atoms with Gasteiger partial charge in [-0.15, -0.1) is 0 Å². The Kier molecular flexibility index (Phi) is 7.25. The molecule has 12 rings (SSSR count). The van der Waals surface area contributed by atoms with E-state index in [-0.39, 0.29) is 0 Å². The Hall–Kier alpha value is -7.40. The largest absolute Gasteiger partial charge is 0.454 e. The summed E-state index contributed by atoms with van der Waals surface area (Å²) in [6.45, 7) is 0. The zero-order chi connectivity index (χ0) is 38.2. The molecule has 0 bridgehead atoms. The molecule has 0 saturated heterocycles. The molecular formula is C54H36N2OSi. The third-order valence-electron chi connectivity index (χ3n) is 12.3. The van der Waals surface area contributed by atoms with Crippen molar-refractivity contribution in [2.24, 2.45) is 0 Å². The average molecular weight is 757 g/mol. The van der Waals surface area contributed by atoms with Gasteiger partial charge in [0, 0.05) is 38.0 Å². The fourth-order valence-electron chi connectivity index (χ4n) is 9.82. The molecule has 0 aliphatic carbocycles. The molecule has 0 unspecified atom stereocenters. The maximum atomic E-state index is 7.12. The molecule has 3 nitrogen and oxygen atoms in total. The first-order chi connectivity index (χ1) is 28.8. The molecule has 0 spiro atoms. The van der Waals surface area contributed by atoms with E-state index in [4.69, 9.17) is 4.42 Å². The van der Waals surface area contributed by atoms with Crippen LogP contribution in [0.2, 0.25) is 0 Å². The number of hydrogen-bond donors (Lipinski definition) is 0. The van der Waals surface area contributed by atoms with Crippen molar-refractivity contribution in [2.75, 3.05) is 0 Å². The van der Waals surface area contributed by atoms with Crippen LogP contribution >= 0.6 is 0 Å². The first-order valence-electron chi connectivity index (χ1n) is 19.9. The highest BCUT2D eigenvalue weighted by atomic mass is 28.3. The number of benzene rings is 9. The molecular weight excluding hydrogens is 721 g/mol. The van der Waals surface area contributed by atoms with Gasteiger partial charge in [-0.3, -0.25) is 0 Å². The van der Waals surface area contributed by atoms with Crippen LogP contribution in [0.25, 0.3) is 76.9 Å². The third-order valence-corrected chi connectivity index (χ3v) is 17.0. The van der Waals surface area contributed by atoms with E-state index in [1.807, 2.05) is 0 Å². The summed E-state index contributed by atoms with van der Waals surface area (Å²) < 4.78 is 11.9. The second-order valence-electron chi connectivity index (χ2n) is 15.2. The molecule has 9 aromatic carbocycles. The number of fused-ring (bicyclic) bond motifs is 9. The summed E-state index contributed by atoms with van der Waals surface area (Å²) in [6.07, 6.45) is 0. The van der Waals surface area contributed by atoms with Crippen molar-refractivity contribution in [3.63, 3.8) is 0 Å². The summed E-state index contributed by atoms with van der Waals surface area (Å²) in [5, 5.41) is 12.5. The van der Waals surface area contributed by atoms with Gasteiger partial charge < -0.3 is 13.6 Å². The lowest BCUT2D eigenvalue weighted by molar-refractivity contribution is 0.666. The number of nitrogens with zero attached hydrogens (tertiary/aromatic N) is 2. The Morgan fingerprint density at radius 1 is 0.310 bits per heavy atom. The first kappa shape index (κ1) is 32.8. The molecule has 4 heteroatoms. The molecule has 0 radical (unpaired) electrons. The minimum absolute atomic E-state index is 0.884. The van der Waals surface area contributed by atoms with Crippen LogP contribution in [0.1, 0.15) is 0 Å². The van der Waals surface area contributed by atoms with Crippen molar-refractivity contribution in [3.8, 4) is 11.4 Å². The Labute approximate surface area is 336 Å². The summed E-state index contributed by atoms with van der Waals surface area (Å²) in [4.78, 5) is 0. The molecule has 0 aliphatic heterocycles. The number of aromatic nitrogens is 2. The highest BCUT2D eigenvalue weighted by Gasteiger charge is 2.41. The molecule has 272 valence electrons. The van der Waals surface area contributed by atoms with Gasteiger partial charge in [-0.05, 0) is 69.3 Å². The summed E-state index contributed by atoms with van der Waals surface area (Å²) in [5.41, 5.74) is 8.66. The Bertz CT molecular complexity index is 3360. The van der Waals surface area contributed by atoms with Crippen LogP contribution in [0.15, 0.2) is 223 Å². The molecule has 0 atom stereocenters. The first-order valence-corrected chi connectivity index (χ1v) is 21.9. The minimum atomic E-state index is -2.74. The topological polar surface area (TPSA) is 23.0 Å². The van der Waals surface area contributed by atoms with Gasteiger partial charge in [-0.2, -0.15) is 0 Å². The molecule has 3 heterocycles. The van der Waals surface area contributed by atoms with Gasteiger partial charge in [0.1, 0.15) is 5.58 Å². The van der Waals surface area contributed by atoms with Crippen molar-refractivity contribution >= 4 is 94.4 Å². The van der Waals surface area contributed by atoms with Gasteiger partial charge in [0.2, 0.25) is 0 Å². The second-order valence-corrected chi connectivity index (χ2v) is 19.0. The SMILES string of the molecule is c1ccc([Si](c2ccccc2)(c2ccccc2)c2ccc3c(c2)oc2c(-n4c5ccccc5c5cc(-n6c7ccccc7c7ccccc76)ccc54)cccc23)cc1. The zero-order valence-electron chi connectivity index (χ0n) is 31.6. The average Bonchev–Trinajstić information content (AvgIpc) is 3.95. The lowest BCUT2D eigenvalue weighted by atomic mass is 10.1. The Morgan fingerprint density at radius 2 is 0.793 bits per heavy atom. The predicted octanol–water partition coefficient (Wildman–Crippen LogP) is 11.2. The Morgan fingerprint density at radius 3 is 1.38 bits per heavy atom. The predicted molar refractivity (Wildman–Crippen MR) is 246 cm³/mol. The van der Waals surface area contributed by atoms with E-state index in [9.17, 15) is 0 Å². The number of hydrogen-bond acceptors (Lipinski definition) is 1. The van der Waals surface area contributed by atoms with Crippen molar-refractivity contribution in [1.82, 2.24) is 9.13 Å². The standard InChI is InChI=1S/C54H36N2OSi/c1-4-17-38(18-5-1)58(39-19-6-2-7-20-39,40-21-8-3-9-22-40)41-32-33-45-46-26-16-30-52(54(46)57-53(45)36-41)56-50-29-15-12-25-44(50)47-35-37(31-34-51(47)56)55-48-27-13-10-23-42(48)43-24-11-14-28-49(43)55/h1-36H. The highest BCUT2D eigenvalue weighted by molar-refractivity contribution is 7.20. The van der Waals surface area contributed by atoms with Gasteiger partial charge in [0.25, 0.3) is 0 Å². The van der Waals surface area contributed by atoms with Crippen LogP contribution in [0.3, 0.4) is 0 Å². The zero-order valence-corrected chi connectivity index (χ0v) is 32.6. The minimum Gasteiger partial charge on any atom is -0.454 e. The molecule has 0 fully saturated rings. The highest BCUT2D eigenvalue weighted by Crippen LogP contribution is 2.40. The maximum absolute atomic E-state index is 7.12. The van der Waals surface area contributed by atoms with Crippen molar-refractivity contribution in [3.05, 3.63) is 218 Å².